The minimum Gasteiger partial charge on any atom is -0.492 e. The standard InChI is InChI=1S/C13H13NO4S/c1-9-8-19-13(17)14(9)6-7-18-11-4-2-10(3-5-11)12(15)16/h2-5,8H,6-7H2,1H3,(H,15,16). The van der Waals surface area contributed by atoms with Crippen LogP contribution < -0.4 is 9.61 Å². The van der Waals surface area contributed by atoms with Crippen LogP contribution in [0.1, 0.15) is 16.1 Å². The maximum atomic E-state index is 11.5. The zero-order valence-electron chi connectivity index (χ0n) is 10.3. The number of ether oxygens (including phenoxy) is 1. The quantitative estimate of drug-likeness (QED) is 0.909. The maximum absolute atomic E-state index is 11.5. The highest BCUT2D eigenvalue weighted by Gasteiger charge is 2.04. The van der Waals surface area contributed by atoms with Crippen LogP contribution in [0.25, 0.3) is 0 Å². The van der Waals surface area contributed by atoms with Crippen molar-refractivity contribution in [1.29, 1.82) is 0 Å². The molecule has 0 radical (unpaired) electrons. The molecule has 0 aliphatic heterocycles. The van der Waals surface area contributed by atoms with Crippen LogP contribution in [0.2, 0.25) is 0 Å². The van der Waals surface area contributed by atoms with Gasteiger partial charge in [-0.05, 0) is 31.2 Å². The van der Waals surface area contributed by atoms with Crippen molar-refractivity contribution in [2.24, 2.45) is 0 Å². The molecule has 0 fully saturated rings. The lowest BCUT2D eigenvalue weighted by Crippen LogP contribution is -2.18. The van der Waals surface area contributed by atoms with Gasteiger partial charge in [0, 0.05) is 11.1 Å². The summed E-state index contributed by atoms with van der Waals surface area (Å²) < 4.78 is 7.13. The minimum absolute atomic E-state index is 0.00215. The molecule has 1 N–H and O–H groups in total. The number of carboxylic acids is 1. The van der Waals surface area contributed by atoms with Gasteiger partial charge in [0.1, 0.15) is 12.4 Å². The molecule has 0 amide bonds. The van der Waals surface area contributed by atoms with E-state index < -0.39 is 5.97 Å². The van der Waals surface area contributed by atoms with Crippen LogP contribution in [-0.2, 0) is 6.54 Å². The van der Waals surface area contributed by atoms with Gasteiger partial charge in [0.15, 0.2) is 0 Å². The average molecular weight is 279 g/mol. The fraction of sp³-hybridized carbons (Fsp3) is 0.231. The number of thiazole rings is 1. The molecule has 2 rings (SSSR count). The van der Waals surface area contributed by atoms with Crippen LogP contribution in [0.15, 0.2) is 34.4 Å². The highest BCUT2D eigenvalue weighted by Crippen LogP contribution is 2.12. The molecule has 0 atom stereocenters. The fourth-order valence-corrected chi connectivity index (χ4v) is 2.38. The van der Waals surface area contributed by atoms with Crippen molar-refractivity contribution in [3.8, 4) is 5.75 Å². The predicted molar refractivity (Wildman–Crippen MR) is 72.2 cm³/mol. The zero-order valence-corrected chi connectivity index (χ0v) is 11.1. The average Bonchev–Trinajstić information content (AvgIpc) is 2.71. The second-order valence-corrected chi connectivity index (χ2v) is 4.79. The predicted octanol–water partition coefficient (Wildman–Crippen LogP) is 2.00. The summed E-state index contributed by atoms with van der Waals surface area (Å²) in [4.78, 5) is 22.1. The third-order valence-corrected chi connectivity index (χ3v) is 3.54. The molecular weight excluding hydrogens is 266 g/mol. The SMILES string of the molecule is Cc1csc(=O)n1CCOc1ccc(C(=O)O)cc1. The van der Waals surface area contributed by atoms with Gasteiger partial charge in [0.05, 0.1) is 12.1 Å². The van der Waals surface area contributed by atoms with Crippen molar-refractivity contribution < 1.29 is 14.6 Å². The van der Waals surface area contributed by atoms with E-state index in [1.165, 1.54) is 23.5 Å². The Morgan fingerprint density at radius 1 is 1.37 bits per heavy atom. The molecule has 0 spiro atoms. The Bertz CT molecular complexity index is 627. The molecule has 0 aliphatic rings. The monoisotopic (exact) mass is 279 g/mol. The number of hydrogen-bond donors (Lipinski definition) is 1. The number of nitrogens with zero attached hydrogens (tertiary/aromatic N) is 1. The first-order valence-electron chi connectivity index (χ1n) is 5.69. The molecule has 0 saturated carbocycles. The van der Waals surface area contributed by atoms with Crippen molar-refractivity contribution >= 4 is 17.3 Å². The van der Waals surface area contributed by atoms with Crippen molar-refractivity contribution in [3.63, 3.8) is 0 Å². The third kappa shape index (κ3) is 3.23. The third-order valence-electron chi connectivity index (χ3n) is 2.66. The van der Waals surface area contributed by atoms with Gasteiger partial charge in [0.2, 0.25) is 0 Å². The summed E-state index contributed by atoms with van der Waals surface area (Å²) in [5.41, 5.74) is 1.14. The van der Waals surface area contributed by atoms with E-state index in [9.17, 15) is 9.59 Å². The molecule has 0 aliphatic carbocycles. The number of rotatable bonds is 5. The topological polar surface area (TPSA) is 68.5 Å². The van der Waals surface area contributed by atoms with Gasteiger partial charge in [-0.1, -0.05) is 11.3 Å². The van der Waals surface area contributed by atoms with Gasteiger partial charge >= 0.3 is 10.8 Å². The van der Waals surface area contributed by atoms with E-state index in [-0.39, 0.29) is 10.4 Å². The number of aromatic nitrogens is 1. The summed E-state index contributed by atoms with van der Waals surface area (Å²) in [7, 11) is 0. The Labute approximate surface area is 113 Å². The molecule has 0 bridgehead atoms. The number of aromatic carboxylic acids is 1. The van der Waals surface area contributed by atoms with E-state index in [4.69, 9.17) is 9.84 Å². The molecular formula is C13H13NO4S. The normalized spacial score (nSPS) is 10.4. The molecule has 0 saturated heterocycles. The van der Waals surface area contributed by atoms with Gasteiger partial charge < -0.3 is 9.84 Å². The lowest BCUT2D eigenvalue weighted by Gasteiger charge is -2.07. The summed E-state index contributed by atoms with van der Waals surface area (Å²) >= 11 is 1.17. The second-order valence-electron chi connectivity index (χ2n) is 3.97. The largest absolute Gasteiger partial charge is 0.492 e. The van der Waals surface area contributed by atoms with E-state index in [1.54, 1.807) is 16.7 Å². The summed E-state index contributed by atoms with van der Waals surface area (Å²) in [5, 5.41) is 10.6. The molecule has 100 valence electrons. The van der Waals surface area contributed by atoms with Gasteiger partial charge in [-0.2, -0.15) is 0 Å². The molecule has 1 heterocycles. The summed E-state index contributed by atoms with van der Waals surface area (Å²) in [6.45, 7) is 2.72. The highest BCUT2D eigenvalue weighted by molar-refractivity contribution is 7.07. The molecule has 2 aromatic rings. The van der Waals surface area contributed by atoms with Crippen LogP contribution in [0.3, 0.4) is 0 Å². The van der Waals surface area contributed by atoms with Crippen LogP contribution in [0.4, 0.5) is 0 Å². The van der Waals surface area contributed by atoms with Crippen LogP contribution in [0.5, 0.6) is 5.75 Å². The molecule has 19 heavy (non-hydrogen) atoms. The first-order valence-corrected chi connectivity index (χ1v) is 6.57. The number of benzene rings is 1. The van der Waals surface area contributed by atoms with Crippen molar-refractivity contribution in [1.82, 2.24) is 4.57 Å². The first-order chi connectivity index (χ1) is 9.08. The minimum atomic E-state index is -0.966. The molecule has 0 unspecified atom stereocenters. The van der Waals surface area contributed by atoms with E-state index >= 15 is 0 Å². The molecule has 1 aromatic carbocycles. The van der Waals surface area contributed by atoms with Crippen molar-refractivity contribution in [2.45, 2.75) is 13.5 Å². The van der Waals surface area contributed by atoms with E-state index in [0.29, 0.717) is 18.9 Å². The number of carbonyl (C=O) groups is 1. The Balaban J connectivity index is 1.93. The Morgan fingerprint density at radius 2 is 2.05 bits per heavy atom. The molecule has 1 aromatic heterocycles. The maximum Gasteiger partial charge on any atom is 0.335 e. The van der Waals surface area contributed by atoms with Crippen molar-refractivity contribution in [2.75, 3.05) is 6.61 Å². The van der Waals surface area contributed by atoms with Gasteiger partial charge in [-0.3, -0.25) is 9.36 Å². The first kappa shape index (κ1) is 13.4. The number of hydrogen-bond acceptors (Lipinski definition) is 4. The summed E-state index contributed by atoms with van der Waals surface area (Å²) in [6.07, 6.45) is 0. The van der Waals surface area contributed by atoms with E-state index in [1.807, 2.05) is 12.3 Å². The van der Waals surface area contributed by atoms with Crippen LogP contribution in [-0.4, -0.2) is 22.2 Å². The van der Waals surface area contributed by atoms with Crippen LogP contribution in [0, 0.1) is 6.92 Å². The van der Waals surface area contributed by atoms with E-state index in [2.05, 4.69) is 0 Å². The smallest absolute Gasteiger partial charge is 0.335 e. The Morgan fingerprint density at radius 3 is 2.58 bits per heavy atom. The van der Waals surface area contributed by atoms with E-state index in [0.717, 1.165) is 5.69 Å². The van der Waals surface area contributed by atoms with Crippen LogP contribution >= 0.6 is 11.3 Å². The lowest BCUT2D eigenvalue weighted by atomic mass is 10.2. The van der Waals surface area contributed by atoms with Crippen molar-refractivity contribution in [3.05, 3.63) is 50.6 Å². The Hall–Kier alpha value is -2.08. The van der Waals surface area contributed by atoms with Gasteiger partial charge in [0.25, 0.3) is 0 Å². The highest BCUT2D eigenvalue weighted by atomic mass is 32.1. The summed E-state index contributed by atoms with van der Waals surface area (Å²) in [5.74, 6) is -0.377. The number of aryl methyl sites for hydroxylation is 1. The number of carboxylic acid groups (broad SMARTS) is 1. The lowest BCUT2D eigenvalue weighted by molar-refractivity contribution is 0.0697. The molecule has 6 heteroatoms. The Kier molecular flexibility index (Phi) is 4.01. The second kappa shape index (κ2) is 5.71. The van der Waals surface area contributed by atoms with Gasteiger partial charge in [-0.15, -0.1) is 0 Å². The van der Waals surface area contributed by atoms with Gasteiger partial charge in [-0.25, -0.2) is 4.79 Å². The fourth-order valence-electron chi connectivity index (χ4n) is 1.62. The molecule has 5 nitrogen and oxygen atoms in total. The summed E-state index contributed by atoms with van der Waals surface area (Å²) in [6, 6.07) is 6.18. The zero-order chi connectivity index (χ0) is 13.8.